The van der Waals surface area contributed by atoms with E-state index in [1.54, 1.807) is 23.1 Å². The molecule has 0 bridgehead atoms. The van der Waals surface area contributed by atoms with E-state index in [-0.39, 0.29) is 23.4 Å². The maximum absolute atomic E-state index is 13.8. The molecule has 0 radical (unpaired) electrons. The Labute approximate surface area is 160 Å². The quantitative estimate of drug-likeness (QED) is 0.870. The lowest BCUT2D eigenvalue weighted by Gasteiger charge is -2.31. The van der Waals surface area contributed by atoms with Crippen molar-refractivity contribution in [1.29, 1.82) is 0 Å². The van der Waals surface area contributed by atoms with Gasteiger partial charge in [-0.25, -0.2) is 4.39 Å². The van der Waals surface area contributed by atoms with E-state index in [0.29, 0.717) is 29.8 Å². The van der Waals surface area contributed by atoms with E-state index in [0.717, 1.165) is 25.8 Å². The molecule has 3 heterocycles. The lowest BCUT2D eigenvalue weighted by Crippen LogP contribution is -2.40. The highest BCUT2D eigenvalue weighted by molar-refractivity contribution is 7.19. The molecule has 0 saturated carbocycles. The van der Waals surface area contributed by atoms with E-state index >= 15 is 0 Å². The highest BCUT2D eigenvalue weighted by Crippen LogP contribution is 2.32. The highest BCUT2D eigenvalue weighted by atomic mass is 32.1. The molecule has 9 heteroatoms. The third-order valence-corrected chi connectivity index (χ3v) is 5.91. The van der Waals surface area contributed by atoms with Gasteiger partial charge in [0.15, 0.2) is 0 Å². The van der Waals surface area contributed by atoms with Gasteiger partial charge in [-0.2, -0.15) is 0 Å². The first-order valence-electron chi connectivity index (χ1n) is 9.06. The first kappa shape index (κ1) is 17.8. The van der Waals surface area contributed by atoms with E-state index in [2.05, 4.69) is 15.5 Å². The highest BCUT2D eigenvalue weighted by Gasteiger charge is 2.30. The molecular weight excluding hydrogens is 369 g/mol. The lowest BCUT2D eigenvalue weighted by molar-refractivity contribution is -0.120. The van der Waals surface area contributed by atoms with Gasteiger partial charge in [0.25, 0.3) is 0 Å². The van der Waals surface area contributed by atoms with Crippen LogP contribution in [0.25, 0.3) is 0 Å². The largest absolute Gasteiger partial charge is 0.346 e. The number of aromatic nitrogens is 2. The van der Waals surface area contributed by atoms with Crippen molar-refractivity contribution in [2.24, 2.45) is 5.92 Å². The van der Waals surface area contributed by atoms with Crippen molar-refractivity contribution < 1.29 is 14.0 Å². The number of hydrogen-bond donors (Lipinski definition) is 1. The smallest absolute Gasteiger partial charge is 0.229 e. The standard InChI is InChI=1S/C18H20FN5O2S/c19-13-6-1-2-7-14(13)20-16(26)12-5-3-9-23(11-12)17-21-22-18(27-17)24-10-4-8-15(24)25/h1-2,6-7,12H,3-5,8-11H2,(H,20,26)/t12-/m1/s1. The molecule has 7 nitrogen and oxygen atoms in total. The molecule has 2 saturated heterocycles. The van der Waals surface area contributed by atoms with Crippen molar-refractivity contribution in [3.8, 4) is 0 Å². The Morgan fingerprint density at radius 3 is 2.78 bits per heavy atom. The van der Waals surface area contributed by atoms with Crippen LogP contribution in [0.2, 0.25) is 0 Å². The fourth-order valence-corrected chi connectivity index (χ4v) is 4.38. The first-order valence-corrected chi connectivity index (χ1v) is 9.87. The van der Waals surface area contributed by atoms with Gasteiger partial charge < -0.3 is 10.2 Å². The molecule has 1 N–H and O–H groups in total. The Bertz CT molecular complexity index is 858. The molecule has 2 aliphatic rings. The van der Waals surface area contributed by atoms with Crippen LogP contribution in [0.15, 0.2) is 24.3 Å². The molecule has 1 atom stereocenters. The van der Waals surface area contributed by atoms with Gasteiger partial charge in [0, 0.05) is 26.1 Å². The lowest BCUT2D eigenvalue weighted by atomic mass is 9.97. The van der Waals surface area contributed by atoms with Gasteiger partial charge in [0.2, 0.25) is 22.1 Å². The molecule has 1 aromatic carbocycles. The van der Waals surface area contributed by atoms with E-state index in [1.807, 2.05) is 4.90 Å². The van der Waals surface area contributed by atoms with Crippen LogP contribution in [0.3, 0.4) is 0 Å². The van der Waals surface area contributed by atoms with Crippen LogP contribution in [-0.2, 0) is 9.59 Å². The third kappa shape index (κ3) is 3.78. The monoisotopic (exact) mass is 389 g/mol. The summed E-state index contributed by atoms with van der Waals surface area (Å²) in [5, 5.41) is 12.4. The van der Waals surface area contributed by atoms with Gasteiger partial charge in [0.1, 0.15) is 5.82 Å². The number of hydrogen-bond acceptors (Lipinski definition) is 6. The molecule has 0 aliphatic carbocycles. The van der Waals surface area contributed by atoms with Crippen molar-refractivity contribution >= 4 is 39.1 Å². The van der Waals surface area contributed by atoms with Crippen molar-refractivity contribution in [1.82, 2.24) is 10.2 Å². The summed E-state index contributed by atoms with van der Waals surface area (Å²) in [6.45, 7) is 1.97. The molecule has 0 unspecified atom stereocenters. The maximum Gasteiger partial charge on any atom is 0.229 e. The molecule has 0 spiro atoms. The Hall–Kier alpha value is -2.55. The Balaban J connectivity index is 1.42. The fraction of sp³-hybridized carbons (Fsp3) is 0.444. The fourth-order valence-electron chi connectivity index (χ4n) is 3.46. The second-order valence-corrected chi connectivity index (χ2v) is 7.70. The minimum atomic E-state index is -0.442. The zero-order chi connectivity index (χ0) is 18.8. The molecule has 142 valence electrons. The van der Waals surface area contributed by atoms with Crippen LogP contribution in [0.4, 0.5) is 20.3 Å². The van der Waals surface area contributed by atoms with Gasteiger partial charge in [-0.3, -0.25) is 14.5 Å². The number of carbonyl (C=O) groups excluding carboxylic acids is 2. The average molecular weight is 389 g/mol. The first-order chi connectivity index (χ1) is 13.1. The minimum absolute atomic E-state index is 0.0819. The maximum atomic E-state index is 13.8. The number of anilines is 3. The molecule has 2 aliphatic heterocycles. The van der Waals surface area contributed by atoms with Crippen LogP contribution in [0, 0.1) is 11.7 Å². The Morgan fingerprint density at radius 2 is 2.00 bits per heavy atom. The predicted molar refractivity (Wildman–Crippen MR) is 101 cm³/mol. The topological polar surface area (TPSA) is 78.4 Å². The number of piperidine rings is 1. The summed E-state index contributed by atoms with van der Waals surface area (Å²) in [6, 6.07) is 6.16. The van der Waals surface area contributed by atoms with E-state index < -0.39 is 5.82 Å². The number of benzene rings is 1. The van der Waals surface area contributed by atoms with Gasteiger partial charge in [-0.1, -0.05) is 23.5 Å². The predicted octanol–water partition coefficient (Wildman–Crippen LogP) is 2.66. The number of nitrogens with zero attached hydrogens (tertiary/aromatic N) is 4. The molecule has 2 aromatic rings. The number of para-hydroxylation sites is 1. The summed E-state index contributed by atoms with van der Waals surface area (Å²) in [4.78, 5) is 28.1. The molecule has 2 amide bonds. The zero-order valence-electron chi connectivity index (χ0n) is 14.7. The molecule has 1 aromatic heterocycles. The average Bonchev–Trinajstić information content (AvgIpc) is 3.32. The van der Waals surface area contributed by atoms with Crippen LogP contribution in [0.5, 0.6) is 0 Å². The van der Waals surface area contributed by atoms with Gasteiger partial charge in [-0.05, 0) is 31.4 Å². The zero-order valence-corrected chi connectivity index (χ0v) is 15.5. The van der Waals surface area contributed by atoms with Crippen LogP contribution in [-0.4, -0.2) is 41.6 Å². The summed E-state index contributed by atoms with van der Waals surface area (Å²) in [6.07, 6.45) is 2.98. The molecule has 27 heavy (non-hydrogen) atoms. The summed E-state index contributed by atoms with van der Waals surface area (Å²) in [5.74, 6) is -0.801. The number of amides is 2. The second kappa shape index (κ2) is 7.59. The second-order valence-electron chi connectivity index (χ2n) is 6.77. The molecule has 2 fully saturated rings. The summed E-state index contributed by atoms with van der Waals surface area (Å²) >= 11 is 1.38. The molecule has 4 rings (SSSR count). The minimum Gasteiger partial charge on any atom is -0.346 e. The summed E-state index contributed by atoms with van der Waals surface area (Å²) in [5.41, 5.74) is 0.199. The number of carbonyl (C=O) groups is 2. The Morgan fingerprint density at radius 1 is 1.19 bits per heavy atom. The van der Waals surface area contributed by atoms with Crippen molar-refractivity contribution in [2.75, 3.05) is 34.8 Å². The Kier molecular flexibility index (Phi) is 5.02. The van der Waals surface area contributed by atoms with Crippen LogP contribution >= 0.6 is 11.3 Å². The van der Waals surface area contributed by atoms with Crippen molar-refractivity contribution in [2.45, 2.75) is 25.7 Å². The number of nitrogens with one attached hydrogen (secondary N) is 1. The van der Waals surface area contributed by atoms with Gasteiger partial charge in [-0.15, -0.1) is 10.2 Å². The van der Waals surface area contributed by atoms with Crippen molar-refractivity contribution in [3.63, 3.8) is 0 Å². The summed E-state index contributed by atoms with van der Waals surface area (Å²) in [7, 11) is 0. The van der Waals surface area contributed by atoms with E-state index in [1.165, 1.54) is 17.4 Å². The van der Waals surface area contributed by atoms with Crippen LogP contribution in [0.1, 0.15) is 25.7 Å². The van der Waals surface area contributed by atoms with Gasteiger partial charge in [0.05, 0.1) is 11.6 Å². The van der Waals surface area contributed by atoms with E-state index in [4.69, 9.17) is 0 Å². The third-order valence-electron chi connectivity index (χ3n) is 4.90. The normalized spacial score (nSPS) is 20.2. The summed E-state index contributed by atoms with van der Waals surface area (Å²) < 4.78 is 13.8. The number of halogens is 1. The van der Waals surface area contributed by atoms with Crippen molar-refractivity contribution in [3.05, 3.63) is 30.1 Å². The SMILES string of the molecule is O=C(Nc1ccccc1F)[C@@H]1CCCN(c2nnc(N3CCCC3=O)s2)C1. The van der Waals surface area contributed by atoms with Gasteiger partial charge >= 0.3 is 0 Å². The van der Waals surface area contributed by atoms with Crippen LogP contribution < -0.4 is 15.1 Å². The molecular formula is C18H20FN5O2S. The number of rotatable bonds is 4. The van der Waals surface area contributed by atoms with E-state index in [9.17, 15) is 14.0 Å².